The van der Waals surface area contributed by atoms with Gasteiger partial charge in [0.25, 0.3) is 0 Å². The lowest BCUT2D eigenvalue weighted by Gasteiger charge is -2.11. The monoisotopic (exact) mass is 267 g/mol. The Morgan fingerprint density at radius 2 is 2.05 bits per heavy atom. The molecule has 0 saturated carbocycles. The number of hydrazine groups is 1. The molecule has 3 rings (SSSR count). The highest BCUT2D eigenvalue weighted by Crippen LogP contribution is 2.14. The van der Waals surface area contributed by atoms with E-state index in [0.717, 1.165) is 11.1 Å². The van der Waals surface area contributed by atoms with Crippen LogP contribution in [0.1, 0.15) is 5.56 Å². The van der Waals surface area contributed by atoms with Crippen molar-refractivity contribution in [3.8, 4) is 0 Å². The maximum atomic E-state index is 11.8. The van der Waals surface area contributed by atoms with Crippen LogP contribution in [0.25, 0.3) is 10.9 Å². The minimum Gasteiger partial charge on any atom is -0.308 e. The summed E-state index contributed by atoms with van der Waals surface area (Å²) >= 11 is 0. The van der Waals surface area contributed by atoms with Crippen LogP contribution in [0.5, 0.6) is 0 Å². The molecule has 0 bridgehead atoms. The molecule has 2 heterocycles. The molecule has 20 heavy (non-hydrogen) atoms. The van der Waals surface area contributed by atoms with E-state index >= 15 is 0 Å². The highest BCUT2D eigenvalue weighted by atomic mass is 16.1. The number of nitrogen functional groups attached to an aromatic ring is 1. The van der Waals surface area contributed by atoms with Gasteiger partial charge in [-0.3, -0.25) is 9.48 Å². The quantitative estimate of drug-likeness (QED) is 0.548. The Bertz CT molecular complexity index is 812. The predicted octanol–water partition coefficient (Wildman–Crippen LogP) is 1.13. The summed E-state index contributed by atoms with van der Waals surface area (Å²) in [7, 11) is 0. The number of aromatic nitrogens is 3. The van der Waals surface area contributed by atoms with Crippen LogP contribution in [-0.2, 0) is 6.54 Å². The van der Waals surface area contributed by atoms with E-state index in [1.54, 1.807) is 16.9 Å². The van der Waals surface area contributed by atoms with E-state index in [1.807, 2.05) is 30.3 Å². The summed E-state index contributed by atoms with van der Waals surface area (Å²) in [4.78, 5) is 15.9. The molecule has 0 aliphatic heterocycles. The highest BCUT2D eigenvalue weighted by Gasteiger charge is 2.07. The van der Waals surface area contributed by atoms with E-state index in [1.165, 1.54) is 6.20 Å². The van der Waals surface area contributed by atoms with Crippen molar-refractivity contribution in [1.29, 1.82) is 0 Å². The number of rotatable bonds is 3. The third kappa shape index (κ3) is 2.12. The predicted molar refractivity (Wildman–Crippen MR) is 77.2 cm³/mol. The normalized spacial score (nSPS) is 10.7. The Hall–Kier alpha value is -2.73. The van der Waals surface area contributed by atoms with Crippen LogP contribution in [0.4, 0.5) is 5.82 Å². The average Bonchev–Trinajstić information content (AvgIpc) is 2.51. The number of nitrogens with two attached hydrogens (primary N) is 1. The number of nitrogens with one attached hydrogen (secondary N) is 1. The van der Waals surface area contributed by atoms with Crippen molar-refractivity contribution in [1.82, 2.24) is 14.8 Å². The third-order valence-electron chi connectivity index (χ3n) is 3.11. The van der Waals surface area contributed by atoms with Gasteiger partial charge < -0.3 is 5.43 Å². The molecule has 3 aromatic rings. The largest absolute Gasteiger partial charge is 0.308 e. The first kappa shape index (κ1) is 12.3. The second-order valence-electron chi connectivity index (χ2n) is 4.34. The molecule has 0 atom stereocenters. The third-order valence-corrected chi connectivity index (χ3v) is 3.11. The van der Waals surface area contributed by atoms with Gasteiger partial charge in [0.2, 0.25) is 5.43 Å². The van der Waals surface area contributed by atoms with Gasteiger partial charge in [0.15, 0.2) is 0 Å². The Morgan fingerprint density at radius 3 is 2.90 bits per heavy atom. The summed E-state index contributed by atoms with van der Waals surface area (Å²) in [5.74, 6) is 6.04. The Labute approximate surface area is 114 Å². The summed E-state index contributed by atoms with van der Waals surface area (Å²) in [6, 6.07) is 11.1. The molecule has 0 aliphatic carbocycles. The van der Waals surface area contributed by atoms with E-state index in [9.17, 15) is 4.79 Å². The van der Waals surface area contributed by atoms with Gasteiger partial charge in [-0.25, -0.2) is 10.8 Å². The maximum Gasteiger partial charge on any atom is 0.207 e. The topological polar surface area (TPSA) is 85.8 Å². The Kier molecular flexibility index (Phi) is 3.14. The molecule has 0 aliphatic rings. The zero-order valence-corrected chi connectivity index (χ0v) is 10.7. The maximum absolute atomic E-state index is 11.8. The second-order valence-corrected chi connectivity index (χ2v) is 4.34. The van der Waals surface area contributed by atoms with Crippen LogP contribution in [-0.4, -0.2) is 14.8 Å². The molecule has 1 aromatic carbocycles. The first-order valence-corrected chi connectivity index (χ1v) is 6.15. The molecular weight excluding hydrogens is 254 g/mol. The summed E-state index contributed by atoms with van der Waals surface area (Å²) in [5.41, 5.74) is 4.16. The zero-order chi connectivity index (χ0) is 13.9. The van der Waals surface area contributed by atoms with Crippen LogP contribution in [0.2, 0.25) is 0 Å². The van der Waals surface area contributed by atoms with Gasteiger partial charge in [-0.15, -0.1) is 0 Å². The van der Waals surface area contributed by atoms with Crippen molar-refractivity contribution in [2.24, 2.45) is 5.84 Å². The number of pyridine rings is 1. The molecule has 6 nitrogen and oxygen atoms in total. The Balaban J connectivity index is 2.12. The smallest absolute Gasteiger partial charge is 0.207 e. The Morgan fingerprint density at radius 1 is 1.20 bits per heavy atom. The van der Waals surface area contributed by atoms with E-state index in [2.05, 4.69) is 15.5 Å². The lowest BCUT2D eigenvalue weighted by molar-refractivity contribution is 0.693. The van der Waals surface area contributed by atoms with Crippen molar-refractivity contribution < 1.29 is 0 Å². The minimum absolute atomic E-state index is 0.0831. The molecule has 3 N–H and O–H groups in total. The van der Waals surface area contributed by atoms with E-state index in [4.69, 9.17) is 5.84 Å². The lowest BCUT2D eigenvalue weighted by atomic mass is 10.2. The van der Waals surface area contributed by atoms with Gasteiger partial charge >= 0.3 is 0 Å². The van der Waals surface area contributed by atoms with E-state index in [-0.39, 0.29) is 5.43 Å². The molecule has 0 amide bonds. The molecule has 100 valence electrons. The fourth-order valence-corrected chi connectivity index (χ4v) is 2.14. The zero-order valence-electron chi connectivity index (χ0n) is 10.7. The summed E-state index contributed by atoms with van der Waals surface area (Å²) in [6.45, 7) is 0.480. The van der Waals surface area contributed by atoms with Crippen molar-refractivity contribution in [3.05, 3.63) is 64.6 Å². The van der Waals surface area contributed by atoms with Gasteiger partial charge in [0.1, 0.15) is 5.82 Å². The molecule has 0 fully saturated rings. The van der Waals surface area contributed by atoms with Crippen molar-refractivity contribution in [3.63, 3.8) is 0 Å². The van der Waals surface area contributed by atoms with Crippen LogP contribution >= 0.6 is 0 Å². The van der Waals surface area contributed by atoms with Gasteiger partial charge in [-0.1, -0.05) is 18.2 Å². The first-order valence-electron chi connectivity index (χ1n) is 6.15. The van der Waals surface area contributed by atoms with E-state index < -0.39 is 0 Å². The lowest BCUT2D eigenvalue weighted by Crippen LogP contribution is -2.16. The number of fused-ring (bicyclic) bond motifs is 1. The van der Waals surface area contributed by atoms with Crippen LogP contribution < -0.4 is 16.7 Å². The minimum atomic E-state index is -0.0831. The molecular formula is C14H13N5O. The van der Waals surface area contributed by atoms with Crippen LogP contribution in [0, 0.1) is 0 Å². The molecule has 0 spiro atoms. The van der Waals surface area contributed by atoms with Crippen LogP contribution in [0.3, 0.4) is 0 Å². The van der Waals surface area contributed by atoms with E-state index in [0.29, 0.717) is 17.7 Å². The molecule has 6 heteroatoms. The average molecular weight is 267 g/mol. The van der Waals surface area contributed by atoms with Crippen molar-refractivity contribution in [2.75, 3.05) is 5.43 Å². The molecule has 0 saturated heterocycles. The van der Waals surface area contributed by atoms with Gasteiger partial charge in [-0.05, 0) is 18.2 Å². The molecule has 0 unspecified atom stereocenters. The standard InChI is InChI=1S/C14H13N5O/c15-18-14-10(4-3-7-16-14)9-19-12-6-2-1-5-11(12)13(20)8-17-19/h1-8H,9,15H2,(H,16,18). The number of para-hydroxylation sites is 1. The van der Waals surface area contributed by atoms with Crippen LogP contribution in [0.15, 0.2) is 53.6 Å². The summed E-state index contributed by atoms with van der Waals surface area (Å²) in [5, 5.41) is 4.83. The number of anilines is 1. The summed E-state index contributed by atoms with van der Waals surface area (Å²) in [6.07, 6.45) is 2.99. The van der Waals surface area contributed by atoms with Crippen molar-refractivity contribution >= 4 is 16.7 Å². The fourth-order valence-electron chi connectivity index (χ4n) is 2.14. The number of hydrogen-bond acceptors (Lipinski definition) is 5. The number of nitrogens with zero attached hydrogens (tertiary/aromatic N) is 3. The molecule has 0 radical (unpaired) electrons. The SMILES string of the molecule is NNc1ncccc1Cn1ncc(=O)c2ccccc21. The molecule has 2 aromatic heterocycles. The van der Waals surface area contributed by atoms with Gasteiger partial charge in [0, 0.05) is 17.1 Å². The van der Waals surface area contributed by atoms with Crippen molar-refractivity contribution in [2.45, 2.75) is 6.54 Å². The fraction of sp³-hybridized carbons (Fsp3) is 0.0714. The number of hydrogen-bond donors (Lipinski definition) is 2. The highest BCUT2D eigenvalue weighted by molar-refractivity contribution is 5.78. The first-order chi connectivity index (χ1) is 9.79. The van der Waals surface area contributed by atoms with Gasteiger partial charge in [0.05, 0.1) is 18.3 Å². The summed E-state index contributed by atoms with van der Waals surface area (Å²) < 4.78 is 1.76. The second kappa shape index (κ2) is 5.10. The number of benzene rings is 1. The van der Waals surface area contributed by atoms with Gasteiger partial charge in [-0.2, -0.15) is 5.10 Å².